The van der Waals surface area contributed by atoms with Gasteiger partial charge in [-0.1, -0.05) is 24.3 Å². The quantitative estimate of drug-likeness (QED) is 0.283. The summed E-state index contributed by atoms with van der Waals surface area (Å²) >= 11 is 0. The SMILES string of the molecule is N#Cc1ccc(-c2ccc(O/C(NN)=C(/N)C(=O)O)cc2)cc1. The fourth-order valence-corrected chi connectivity index (χ4v) is 1.83. The van der Waals surface area contributed by atoms with E-state index in [0.29, 0.717) is 11.3 Å². The van der Waals surface area contributed by atoms with Gasteiger partial charge in [-0.05, 0) is 35.4 Å². The highest BCUT2D eigenvalue weighted by atomic mass is 16.5. The standard InChI is InChI=1S/C16H14N4O3/c17-9-10-1-3-11(4-2-10)12-5-7-13(8-6-12)23-15(20-19)14(18)16(21)22/h1-8,20H,18-19H2,(H,21,22)/b15-14+. The number of hydrogen-bond donors (Lipinski definition) is 4. The number of carboxylic acid groups (broad SMARTS) is 1. The first-order valence-corrected chi connectivity index (χ1v) is 6.53. The van der Waals surface area contributed by atoms with Crippen LogP contribution in [-0.4, -0.2) is 11.1 Å². The highest BCUT2D eigenvalue weighted by Crippen LogP contribution is 2.23. The van der Waals surface area contributed by atoms with Gasteiger partial charge in [0, 0.05) is 0 Å². The molecule has 2 rings (SSSR count). The zero-order valence-electron chi connectivity index (χ0n) is 12.0. The van der Waals surface area contributed by atoms with E-state index >= 15 is 0 Å². The Balaban J connectivity index is 2.20. The van der Waals surface area contributed by atoms with E-state index in [2.05, 4.69) is 11.5 Å². The lowest BCUT2D eigenvalue weighted by atomic mass is 10.0. The lowest BCUT2D eigenvalue weighted by Crippen LogP contribution is -2.31. The lowest BCUT2D eigenvalue weighted by Gasteiger charge is -2.11. The van der Waals surface area contributed by atoms with Crippen molar-refractivity contribution in [3.8, 4) is 22.9 Å². The molecule has 0 saturated heterocycles. The van der Waals surface area contributed by atoms with Gasteiger partial charge >= 0.3 is 5.97 Å². The molecular weight excluding hydrogens is 296 g/mol. The maximum atomic E-state index is 10.8. The maximum Gasteiger partial charge on any atom is 0.357 e. The average Bonchev–Trinajstić information content (AvgIpc) is 2.59. The highest BCUT2D eigenvalue weighted by Gasteiger charge is 2.12. The largest absolute Gasteiger partial charge is 0.476 e. The number of nitrogens with one attached hydrogen (secondary N) is 1. The molecule has 0 heterocycles. The van der Waals surface area contributed by atoms with Gasteiger partial charge in [-0.25, -0.2) is 10.6 Å². The minimum Gasteiger partial charge on any atom is -0.476 e. The number of carbonyl (C=O) groups is 1. The van der Waals surface area contributed by atoms with Crippen LogP contribution in [0.25, 0.3) is 11.1 Å². The van der Waals surface area contributed by atoms with E-state index in [9.17, 15) is 4.79 Å². The van der Waals surface area contributed by atoms with Crippen LogP contribution in [0.15, 0.2) is 60.1 Å². The molecule has 116 valence electrons. The number of hydrogen-bond acceptors (Lipinski definition) is 6. The monoisotopic (exact) mass is 310 g/mol. The maximum absolute atomic E-state index is 10.8. The minimum atomic E-state index is -1.34. The van der Waals surface area contributed by atoms with Crippen molar-refractivity contribution >= 4 is 5.97 Å². The Bertz CT molecular complexity index is 774. The summed E-state index contributed by atoms with van der Waals surface area (Å²) in [7, 11) is 0. The van der Waals surface area contributed by atoms with Crippen LogP contribution in [0.1, 0.15) is 5.56 Å². The second-order valence-electron chi connectivity index (χ2n) is 4.51. The first kappa shape index (κ1) is 15.9. The van der Waals surface area contributed by atoms with Gasteiger partial charge in [0.1, 0.15) is 5.75 Å². The van der Waals surface area contributed by atoms with E-state index in [0.717, 1.165) is 11.1 Å². The summed E-state index contributed by atoms with van der Waals surface area (Å²) in [4.78, 5) is 10.8. The van der Waals surface area contributed by atoms with Crippen molar-refractivity contribution in [2.45, 2.75) is 0 Å². The number of benzene rings is 2. The molecule has 0 spiro atoms. The van der Waals surface area contributed by atoms with Crippen molar-refractivity contribution in [1.82, 2.24) is 5.43 Å². The van der Waals surface area contributed by atoms with Gasteiger partial charge < -0.3 is 15.6 Å². The third-order valence-corrected chi connectivity index (χ3v) is 3.03. The van der Waals surface area contributed by atoms with Gasteiger partial charge in [-0.2, -0.15) is 5.26 Å². The van der Waals surface area contributed by atoms with Crippen molar-refractivity contribution in [3.05, 3.63) is 65.7 Å². The second-order valence-corrected chi connectivity index (χ2v) is 4.51. The van der Waals surface area contributed by atoms with E-state index in [1.165, 1.54) is 0 Å². The van der Waals surface area contributed by atoms with Crippen molar-refractivity contribution in [2.75, 3.05) is 0 Å². The van der Waals surface area contributed by atoms with E-state index in [-0.39, 0.29) is 5.88 Å². The van der Waals surface area contributed by atoms with Gasteiger partial charge in [0.2, 0.25) is 5.88 Å². The molecule has 0 aliphatic rings. The Morgan fingerprint density at radius 1 is 1.09 bits per heavy atom. The number of aliphatic carboxylic acids is 1. The van der Waals surface area contributed by atoms with E-state index in [1.807, 2.05) is 12.1 Å². The average molecular weight is 310 g/mol. The normalized spacial score (nSPS) is 11.1. The number of carboxylic acids is 1. The summed E-state index contributed by atoms with van der Waals surface area (Å²) in [6.45, 7) is 0. The van der Waals surface area contributed by atoms with E-state index in [4.69, 9.17) is 26.7 Å². The molecule has 6 N–H and O–H groups in total. The number of nitrogens with two attached hydrogens (primary N) is 2. The Morgan fingerprint density at radius 2 is 1.61 bits per heavy atom. The molecule has 0 aromatic heterocycles. The molecule has 0 fully saturated rings. The second kappa shape index (κ2) is 6.98. The Kier molecular flexibility index (Phi) is 4.82. The molecule has 0 aliphatic heterocycles. The predicted molar refractivity (Wildman–Crippen MR) is 83.4 cm³/mol. The summed E-state index contributed by atoms with van der Waals surface area (Å²) in [5.74, 6) is 3.99. The highest BCUT2D eigenvalue weighted by molar-refractivity contribution is 5.85. The molecule has 7 nitrogen and oxygen atoms in total. The van der Waals surface area contributed by atoms with Gasteiger partial charge in [0.05, 0.1) is 11.6 Å². The van der Waals surface area contributed by atoms with Gasteiger partial charge in [-0.15, -0.1) is 0 Å². The van der Waals surface area contributed by atoms with Crippen molar-refractivity contribution in [1.29, 1.82) is 5.26 Å². The molecule has 0 aliphatic carbocycles. The van der Waals surface area contributed by atoms with Crippen LogP contribution in [0, 0.1) is 11.3 Å². The van der Waals surface area contributed by atoms with Crippen LogP contribution in [0.3, 0.4) is 0 Å². The fourth-order valence-electron chi connectivity index (χ4n) is 1.83. The van der Waals surface area contributed by atoms with Crippen LogP contribution in [0.4, 0.5) is 0 Å². The van der Waals surface area contributed by atoms with Crippen LogP contribution in [-0.2, 0) is 4.79 Å². The third-order valence-electron chi connectivity index (χ3n) is 3.03. The molecule has 0 saturated carbocycles. The first-order valence-electron chi connectivity index (χ1n) is 6.53. The number of ether oxygens (including phenoxy) is 1. The van der Waals surface area contributed by atoms with Crippen molar-refractivity contribution in [3.63, 3.8) is 0 Å². The molecule has 0 bridgehead atoms. The van der Waals surface area contributed by atoms with Gasteiger partial charge in [-0.3, -0.25) is 5.43 Å². The lowest BCUT2D eigenvalue weighted by molar-refractivity contribution is -0.132. The van der Waals surface area contributed by atoms with Crippen LogP contribution in [0.5, 0.6) is 5.75 Å². The molecular formula is C16H14N4O3. The number of rotatable bonds is 5. The molecule has 0 amide bonds. The zero-order chi connectivity index (χ0) is 16.8. The summed E-state index contributed by atoms with van der Waals surface area (Å²) in [6, 6.07) is 16.1. The van der Waals surface area contributed by atoms with Crippen LogP contribution < -0.4 is 21.7 Å². The third kappa shape index (κ3) is 3.78. The van der Waals surface area contributed by atoms with Crippen LogP contribution in [0.2, 0.25) is 0 Å². The number of nitriles is 1. The first-order chi connectivity index (χ1) is 11.0. The molecule has 7 heteroatoms. The van der Waals surface area contributed by atoms with E-state index in [1.54, 1.807) is 36.4 Å². The Morgan fingerprint density at radius 3 is 2.04 bits per heavy atom. The molecule has 2 aromatic rings. The van der Waals surface area contributed by atoms with Gasteiger partial charge in [0.15, 0.2) is 5.70 Å². The summed E-state index contributed by atoms with van der Waals surface area (Å²) in [6.07, 6.45) is 0. The molecule has 0 atom stereocenters. The smallest absolute Gasteiger partial charge is 0.357 e. The molecule has 2 aromatic carbocycles. The molecule has 0 unspecified atom stereocenters. The molecule has 0 radical (unpaired) electrons. The predicted octanol–water partition coefficient (Wildman–Crippen LogP) is 1.28. The number of nitrogens with zero attached hydrogens (tertiary/aromatic N) is 1. The minimum absolute atomic E-state index is 0.247. The zero-order valence-corrected chi connectivity index (χ0v) is 12.0. The topological polar surface area (TPSA) is 134 Å². The van der Waals surface area contributed by atoms with E-state index < -0.39 is 11.7 Å². The Labute approximate surface area is 132 Å². The van der Waals surface area contributed by atoms with Crippen molar-refractivity contribution < 1.29 is 14.6 Å². The summed E-state index contributed by atoms with van der Waals surface area (Å²) < 4.78 is 5.31. The Hall–Kier alpha value is -3.50. The summed E-state index contributed by atoms with van der Waals surface area (Å²) in [5.41, 5.74) is 9.38. The number of hydrazine groups is 1. The van der Waals surface area contributed by atoms with Crippen molar-refractivity contribution in [2.24, 2.45) is 11.6 Å². The molecule has 23 heavy (non-hydrogen) atoms. The van der Waals surface area contributed by atoms with Gasteiger partial charge in [0.25, 0.3) is 0 Å². The fraction of sp³-hybridized carbons (Fsp3) is 0. The van der Waals surface area contributed by atoms with Crippen LogP contribution >= 0.6 is 0 Å². The summed E-state index contributed by atoms with van der Waals surface area (Å²) in [5, 5.41) is 17.6.